The summed E-state index contributed by atoms with van der Waals surface area (Å²) in [7, 11) is 3.15. The maximum absolute atomic E-state index is 14.1. The van der Waals surface area contributed by atoms with Crippen LogP contribution in [0.2, 0.25) is 0 Å². The normalized spacial score (nSPS) is 14.8. The zero-order chi connectivity index (χ0) is 22.5. The second-order valence-electron chi connectivity index (χ2n) is 7.79. The van der Waals surface area contributed by atoms with Gasteiger partial charge >= 0.3 is 0 Å². The number of furan rings is 1. The van der Waals surface area contributed by atoms with Crippen LogP contribution >= 0.6 is 0 Å². The van der Waals surface area contributed by atoms with Crippen molar-refractivity contribution in [1.82, 2.24) is 4.90 Å². The summed E-state index contributed by atoms with van der Waals surface area (Å²) >= 11 is 0. The van der Waals surface area contributed by atoms with Crippen molar-refractivity contribution in [2.75, 3.05) is 32.2 Å². The van der Waals surface area contributed by atoms with E-state index in [2.05, 4.69) is 4.90 Å². The highest BCUT2D eigenvalue weighted by Crippen LogP contribution is 2.34. The first-order valence-electron chi connectivity index (χ1n) is 10.7. The molecule has 1 aromatic heterocycles. The Balaban J connectivity index is 1.55. The molecule has 1 aliphatic heterocycles. The van der Waals surface area contributed by atoms with Crippen molar-refractivity contribution in [2.24, 2.45) is 0 Å². The van der Waals surface area contributed by atoms with E-state index in [0.29, 0.717) is 23.6 Å². The quantitative estimate of drug-likeness (QED) is 0.533. The molecule has 2 aromatic carbocycles. The Kier molecular flexibility index (Phi) is 6.75. The summed E-state index contributed by atoms with van der Waals surface area (Å²) in [6, 6.07) is 15.7. The fraction of sp³-hybridized carbons (Fsp3) is 0.320. The molecule has 6 nitrogen and oxygen atoms in total. The van der Waals surface area contributed by atoms with Gasteiger partial charge in [0, 0.05) is 43.0 Å². The van der Waals surface area contributed by atoms with Gasteiger partial charge in [0.05, 0.1) is 20.5 Å². The number of carbonyl (C=O) groups excluding carboxylic acids is 1. The van der Waals surface area contributed by atoms with Crippen molar-refractivity contribution in [1.29, 1.82) is 0 Å². The Bertz CT molecular complexity index is 1050. The molecule has 168 valence electrons. The van der Waals surface area contributed by atoms with Crippen molar-refractivity contribution < 1.29 is 23.1 Å². The summed E-state index contributed by atoms with van der Waals surface area (Å²) in [6.07, 6.45) is 3.02. The van der Waals surface area contributed by atoms with Crippen LogP contribution in [-0.2, 0) is 6.54 Å². The first kappa shape index (κ1) is 21.9. The number of piperidine rings is 1. The lowest BCUT2D eigenvalue weighted by atomic mass is 10.0. The minimum atomic E-state index is -0.199. The molecule has 3 aromatic rings. The van der Waals surface area contributed by atoms with Crippen LogP contribution in [0.5, 0.6) is 11.5 Å². The molecule has 1 fully saturated rings. The summed E-state index contributed by atoms with van der Waals surface area (Å²) in [4.78, 5) is 17.4. The molecule has 7 heteroatoms. The van der Waals surface area contributed by atoms with Gasteiger partial charge in [-0.25, -0.2) is 4.39 Å². The fourth-order valence-electron chi connectivity index (χ4n) is 4.19. The number of benzene rings is 2. The minimum Gasteiger partial charge on any atom is -0.493 e. The lowest BCUT2D eigenvalue weighted by Crippen LogP contribution is -2.47. The molecule has 32 heavy (non-hydrogen) atoms. The lowest BCUT2D eigenvalue weighted by molar-refractivity contribution is 0.0931. The Morgan fingerprint density at radius 1 is 1.06 bits per heavy atom. The maximum atomic E-state index is 14.1. The van der Waals surface area contributed by atoms with Crippen LogP contribution in [0.1, 0.15) is 29.0 Å². The first-order chi connectivity index (χ1) is 15.6. The third-order valence-corrected chi connectivity index (χ3v) is 5.87. The predicted octanol–water partition coefficient (Wildman–Crippen LogP) is 4.75. The zero-order valence-electron chi connectivity index (χ0n) is 18.3. The number of amides is 1. The number of ether oxygens (including phenoxy) is 2. The molecule has 4 rings (SSSR count). The van der Waals surface area contributed by atoms with Crippen molar-refractivity contribution >= 4 is 11.6 Å². The Hall–Kier alpha value is -3.32. The van der Waals surface area contributed by atoms with E-state index in [1.807, 2.05) is 24.3 Å². The minimum absolute atomic E-state index is 0.0254. The molecule has 0 radical (unpaired) electrons. The molecule has 0 spiro atoms. The van der Waals surface area contributed by atoms with E-state index >= 15 is 0 Å². The average Bonchev–Trinajstić information content (AvgIpc) is 3.37. The van der Waals surface area contributed by atoms with Gasteiger partial charge in [-0.05, 0) is 43.2 Å². The second-order valence-corrected chi connectivity index (χ2v) is 7.79. The van der Waals surface area contributed by atoms with Crippen molar-refractivity contribution in [3.63, 3.8) is 0 Å². The van der Waals surface area contributed by atoms with Crippen molar-refractivity contribution in [3.8, 4) is 11.5 Å². The molecular weight excluding hydrogens is 411 g/mol. The molecule has 0 saturated carbocycles. The summed E-state index contributed by atoms with van der Waals surface area (Å²) < 4.78 is 30.3. The molecule has 2 heterocycles. The summed E-state index contributed by atoms with van der Waals surface area (Å²) in [5.74, 6) is 1.05. The van der Waals surface area contributed by atoms with E-state index in [-0.39, 0.29) is 23.5 Å². The topological polar surface area (TPSA) is 55.2 Å². The summed E-state index contributed by atoms with van der Waals surface area (Å²) in [5.41, 5.74) is 1.41. The van der Waals surface area contributed by atoms with E-state index in [1.165, 1.54) is 12.3 Å². The highest BCUT2D eigenvalue weighted by Gasteiger charge is 2.31. The van der Waals surface area contributed by atoms with E-state index in [0.717, 1.165) is 31.6 Å². The largest absolute Gasteiger partial charge is 0.493 e. The van der Waals surface area contributed by atoms with Crippen molar-refractivity contribution in [2.45, 2.75) is 25.4 Å². The maximum Gasteiger partial charge on any atom is 0.294 e. The standard InChI is InChI=1S/C25H27FN2O4/c1-30-22-10-9-20(16-24(22)31-2)28(25(29)23-8-5-15-32-23)19-11-13-27(14-12-19)17-18-6-3-4-7-21(18)26/h3-10,15-16,19H,11-14,17H2,1-2H3. The van der Waals surface area contributed by atoms with E-state index in [4.69, 9.17) is 13.9 Å². The highest BCUT2D eigenvalue weighted by atomic mass is 19.1. The van der Waals surface area contributed by atoms with E-state index in [9.17, 15) is 9.18 Å². The molecule has 0 aliphatic carbocycles. The van der Waals surface area contributed by atoms with Crippen LogP contribution in [-0.4, -0.2) is 44.2 Å². The monoisotopic (exact) mass is 438 g/mol. The smallest absolute Gasteiger partial charge is 0.294 e. The van der Waals surface area contributed by atoms with E-state index < -0.39 is 0 Å². The SMILES string of the molecule is COc1ccc(N(C(=O)c2ccco2)C2CCN(Cc3ccccc3F)CC2)cc1OC. The van der Waals surface area contributed by atoms with Crippen LogP contribution in [0.4, 0.5) is 10.1 Å². The van der Waals surface area contributed by atoms with Crippen LogP contribution in [0.3, 0.4) is 0 Å². The first-order valence-corrected chi connectivity index (χ1v) is 10.7. The van der Waals surface area contributed by atoms with Crippen LogP contribution < -0.4 is 14.4 Å². The average molecular weight is 438 g/mol. The molecule has 1 saturated heterocycles. The number of carbonyl (C=O) groups is 1. The Labute approximate surface area is 187 Å². The molecule has 0 bridgehead atoms. The van der Waals surface area contributed by atoms with E-state index in [1.54, 1.807) is 43.4 Å². The van der Waals surface area contributed by atoms with Gasteiger partial charge in [0.1, 0.15) is 5.82 Å². The van der Waals surface area contributed by atoms with Crippen LogP contribution in [0.25, 0.3) is 0 Å². The number of anilines is 1. The Morgan fingerprint density at radius 3 is 2.47 bits per heavy atom. The molecular formula is C25H27FN2O4. The lowest BCUT2D eigenvalue weighted by Gasteiger charge is -2.38. The summed E-state index contributed by atoms with van der Waals surface area (Å²) in [5, 5.41) is 0. The molecule has 1 aliphatic rings. The highest BCUT2D eigenvalue weighted by molar-refractivity contribution is 6.04. The van der Waals surface area contributed by atoms with Gasteiger partial charge in [0.15, 0.2) is 17.3 Å². The van der Waals surface area contributed by atoms with Crippen LogP contribution in [0.15, 0.2) is 65.3 Å². The number of halogens is 1. The molecule has 1 amide bonds. The molecule has 0 atom stereocenters. The van der Waals surface area contributed by atoms with Gasteiger partial charge < -0.3 is 18.8 Å². The van der Waals surface area contributed by atoms with Gasteiger partial charge in [-0.3, -0.25) is 9.69 Å². The number of hydrogen-bond acceptors (Lipinski definition) is 5. The fourth-order valence-corrected chi connectivity index (χ4v) is 4.19. The van der Waals surface area contributed by atoms with Gasteiger partial charge in [-0.15, -0.1) is 0 Å². The second kappa shape index (κ2) is 9.87. The number of methoxy groups -OCH3 is 2. The molecule has 0 N–H and O–H groups in total. The number of hydrogen-bond donors (Lipinski definition) is 0. The number of likely N-dealkylation sites (tertiary alicyclic amines) is 1. The van der Waals surface area contributed by atoms with Gasteiger partial charge in [0.25, 0.3) is 5.91 Å². The number of rotatable bonds is 7. The molecule has 0 unspecified atom stereocenters. The third-order valence-electron chi connectivity index (χ3n) is 5.87. The number of nitrogens with zero attached hydrogens (tertiary/aromatic N) is 2. The van der Waals surface area contributed by atoms with Crippen LogP contribution in [0, 0.1) is 5.82 Å². The third kappa shape index (κ3) is 4.62. The van der Waals surface area contributed by atoms with Gasteiger partial charge in [0.2, 0.25) is 0 Å². The van der Waals surface area contributed by atoms with Gasteiger partial charge in [-0.1, -0.05) is 18.2 Å². The van der Waals surface area contributed by atoms with Crippen molar-refractivity contribution in [3.05, 3.63) is 78.0 Å². The Morgan fingerprint density at radius 2 is 1.81 bits per heavy atom. The van der Waals surface area contributed by atoms with Gasteiger partial charge in [-0.2, -0.15) is 0 Å². The zero-order valence-corrected chi connectivity index (χ0v) is 18.3. The summed E-state index contributed by atoms with van der Waals surface area (Å²) in [6.45, 7) is 2.07. The predicted molar refractivity (Wildman–Crippen MR) is 120 cm³/mol.